The number of amides is 1. The highest BCUT2D eigenvalue weighted by atomic mass is 35.5. The molecule has 0 unspecified atom stereocenters. The van der Waals surface area contributed by atoms with Gasteiger partial charge in [-0.15, -0.1) is 0 Å². The lowest BCUT2D eigenvalue weighted by atomic mass is 10.1. The van der Waals surface area contributed by atoms with Crippen LogP contribution in [0.4, 0.5) is 0 Å². The zero-order valence-electron chi connectivity index (χ0n) is 14.3. The number of halogens is 1. The maximum atomic E-state index is 12.7. The second-order valence-electron chi connectivity index (χ2n) is 6.43. The minimum atomic E-state index is 0.0262. The van der Waals surface area contributed by atoms with Crippen molar-refractivity contribution in [2.75, 3.05) is 0 Å². The van der Waals surface area contributed by atoms with Crippen LogP contribution in [0.5, 0.6) is 0 Å². The van der Waals surface area contributed by atoms with Gasteiger partial charge in [0.1, 0.15) is 5.15 Å². The van der Waals surface area contributed by atoms with E-state index in [9.17, 15) is 4.79 Å². The van der Waals surface area contributed by atoms with Crippen molar-refractivity contribution in [2.45, 2.75) is 39.3 Å². The number of hydrogen-bond donors (Lipinski definition) is 0. The summed E-state index contributed by atoms with van der Waals surface area (Å²) < 4.78 is 1.62. The highest BCUT2D eigenvalue weighted by molar-refractivity contribution is 6.31. The first kappa shape index (κ1) is 16.8. The van der Waals surface area contributed by atoms with Gasteiger partial charge in [-0.05, 0) is 38.3 Å². The summed E-state index contributed by atoms with van der Waals surface area (Å²) in [5, 5.41) is 4.82. The Bertz CT molecular complexity index is 790. The Balaban J connectivity index is 1.76. The third-order valence-corrected chi connectivity index (χ3v) is 4.74. The molecule has 1 amide bonds. The van der Waals surface area contributed by atoms with Gasteiger partial charge in [0.25, 0.3) is 0 Å². The van der Waals surface area contributed by atoms with Gasteiger partial charge in [-0.3, -0.25) is 9.48 Å². The highest BCUT2D eigenvalue weighted by Gasteiger charge is 2.31. The fourth-order valence-electron chi connectivity index (χ4n) is 2.87. The first-order chi connectivity index (χ1) is 11.5. The fraction of sp³-hybridized carbons (Fsp3) is 0.368. The van der Waals surface area contributed by atoms with E-state index in [1.165, 1.54) is 11.1 Å². The third-order valence-electron chi connectivity index (χ3n) is 4.29. The molecule has 0 bridgehead atoms. The molecule has 1 aliphatic rings. The molecule has 1 aliphatic carbocycles. The van der Waals surface area contributed by atoms with Gasteiger partial charge >= 0.3 is 0 Å². The third kappa shape index (κ3) is 3.70. The Morgan fingerprint density at radius 2 is 2.17 bits per heavy atom. The van der Waals surface area contributed by atoms with Gasteiger partial charge in [-0.2, -0.15) is 5.10 Å². The molecule has 1 aromatic carbocycles. The maximum absolute atomic E-state index is 12.7. The van der Waals surface area contributed by atoms with Gasteiger partial charge in [0.05, 0.1) is 5.69 Å². The van der Waals surface area contributed by atoms with E-state index in [4.69, 9.17) is 11.6 Å². The summed E-state index contributed by atoms with van der Waals surface area (Å²) >= 11 is 6.22. The number of aromatic nitrogens is 2. The van der Waals surface area contributed by atoms with E-state index >= 15 is 0 Å². The molecule has 24 heavy (non-hydrogen) atoms. The molecule has 126 valence electrons. The van der Waals surface area contributed by atoms with E-state index in [2.05, 4.69) is 30.2 Å². The molecule has 2 aromatic rings. The minimum Gasteiger partial charge on any atom is -0.332 e. The van der Waals surface area contributed by atoms with Crippen molar-refractivity contribution in [3.8, 4) is 0 Å². The zero-order valence-corrected chi connectivity index (χ0v) is 15.0. The lowest BCUT2D eigenvalue weighted by Gasteiger charge is -2.21. The lowest BCUT2D eigenvalue weighted by molar-refractivity contribution is -0.127. The highest BCUT2D eigenvalue weighted by Crippen LogP contribution is 2.29. The van der Waals surface area contributed by atoms with Gasteiger partial charge in [0.2, 0.25) is 5.91 Å². The van der Waals surface area contributed by atoms with Crippen molar-refractivity contribution in [2.24, 2.45) is 7.05 Å². The van der Waals surface area contributed by atoms with E-state index in [1.807, 2.05) is 17.9 Å². The summed E-state index contributed by atoms with van der Waals surface area (Å²) in [5.74, 6) is 0.0262. The van der Waals surface area contributed by atoms with Crippen molar-refractivity contribution >= 4 is 23.6 Å². The Kier molecular flexibility index (Phi) is 4.76. The van der Waals surface area contributed by atoms with E-state index in [0.29, 0.717) is 17.7 Å². The predicted octanol–water partition coefficient (Wildman–Crippen LogP) is 3.89. The summed E-state index contributed by atoms with van der Waals surface area (Å²) in [7, 11) is 1.79. The topological polar surface area (TPSA) is 38.1 Å². The summed E-state index contributed by atoms with van der Waals surface area (Å²) in [4.78, 5) is 14.6. The molecule has 4 nitrogen and oxygen atoms in total. The largest absolute Gasteiger partial charge is 0.332 e. The number of aryl methyl sites for hydroxylation is 3. The summed E-state index contributed by atoms with van der Waals surface area (Å²) in [6.07, 6.45) is 5.55. The van der Waals surface area contributed by atoms with E-state index < -0.39 is 0 Å². The lowest BCUT2D eigenvalue weighted by Crippen LogP contribution is -2.31. The molecule has 1 saturated carbocycles. The van der Waals surface area contributed by atoms with Crippen LogP contribution in [0.2, 0.25) is 5.15 Å². The molecule has 0 spiro atoms. The van der Waals surface area contributed by atoms with Crippen molar-refractivity contribution in [1.82, 2.24) is 14.7 Å². The van der Waals surface area contributed by atoms with Crippen LogP contribution in [0.1, 0.15) is 35.2 Å². The second kappa shape index (κ2) is 6.81. The summed E-state index contributed by atoms with van der Waals surface area (Å²) in [5.41, 5.74) is 4.00. The van der Waals surface area contributed by atoms with Gasteiger partial charge in [-0.25, -0.2) is 0 Å². The van der Waals surface area contributed by atoms with Crippen molar-refractivity contribution in [3.05, 3.63) is 57.9 Å². The molecule has 0 saturated heterocycles. The number of nitrogens with zero attached hydrogens (tertiary/aromatic N) is 3. The van der Waals surface area contributed by atoms with E-state index in [1.54, 1.807) is 23.9 Å². The normalized spacial score (nSPS) is 14.3. The first-order valence-electron chi connectivity index (χ1n) is 8.19. The van der Waals surface area contributed by atoms with Crippen LogP contribution in [0.3, 0.4) is 0 Å². The molecular formula is C19H22ClN3O. The van der Waals surface area contributed by atoms with Crippen molar-refractivity contribution < 1.29 is 4.79 Å². The summed E-state index contributed by atoms with van der Waals surface area (Å²) in [6.45, 7) is 4.61. The molecule has 0 aliphatic heterocycles. The van der Waals surface area contributed by atoms with Crippen LogP contribution in [-0.4, -0.2) is 26.6 Å². The number of hydrogen-bond acceptors (Lipinski definition) is 2. The van der Waals surface area contributed by atoms with Crippen LogP contribution in [0.15, 0.2) is 30.3 Å². The molecule has 1 heterocycles. The van der Waals surface area contributed by atoms with Gasteiger partial charge < -0.3 is 4.90 Å². The number of benzene rings is 1. The smallest absolute Gasteiger partial charge is 0.247 e. The average Bonchev–Trinajstić information content (AvgIpc) is 3.33. The minimum absolute atomic E-state index is 0.0262. The number of carbonyl (C=O) groups excluding carboxylic acids is 1. The van der Waals surface area contributed by atoms with Crippen LogP contribution >= 0.6 is 11.6 Å². The molecule has 0 N–H and O–H groups in total. The summed E-state index contributed by atoms with van der Waals surface area (Å²) in [6, 6.07) is 8.66. The Labute approximate surface area is 147 Å². The Hall–Kier alpha value is -2.07. The quantitative estimate of drug-likeness (QED) is 0.772. The molecule has 0 radical (unpaired) electrons. The molecule has 1 fully saturated rings. The number of carbonyl (C=O) groups is 1. The van der Waals surface area contributed by atoms with Crippen LogP contribution in [-0.2, 0) is 18.4 Å². The van der Waals surface area contributed by atoms with Crippen molar-refractivity contribution in [3.63, 3.8) is 0 Å². The molecular weight excluding hydrogens is 322 g/mol. The standard InChI is InChI=1S/C19H22ClN3O/c1-13-5-4-6-15(11-13)12-23(16-7-8-16)18(24)10-9-17-14(2)21-22(3)19(17)20/h4-6,9-11,16H,7-8,12H2,1-3H3/b10-9+. The Morgan fingerprint density at radius 3 is 2.75 bits per heavy atom. The van der Waals surface area contributed by atoms with Crippen LogP contribution in [0, 0.1) is 13.8 Å². The van der Waals surface area contributed by atoms with E-state index in [-0.39, 0.29) is 5.91 Å². The van der Waals surface area contributed by atoms with Crippen LogP contribution < -0.4 is 0 Å². The number of rotatable bonds is 5. The first-order valence-corrected chi connectivity index (χ1v) is 8.57. The fourth-order valence-corrected chi connectivity index (χ4v) is 3.10. The van der Waals surface area contributed by atoms with Gasteiger partial charge in [0, 0.05) is 31.3 Å². The van der Waals surface area contributed by atoms with Gasteiger partial charge in [0.15, 0.2) is 0 Å². The van der Waals surface area contributed by atoms with Gasteiger partial charge in [-0.1, -0.05) is 41.4 Å². The molecule has 5 heteroatoms. The van der Waals surface area contributed by atoms with Crippen LogP contribution in [0.25, 0.3) is 6.08 Å². The van der Waals surface area contributed by atoms with E-state index in [0.717, 1.165) is 24.1 Å². The zero-order chi connectivity index (χ0) is 17.3. The average molecular weight is 344 g/mol. The monoisotopic (exact) mass is 343 g/mol. The maximum Gasteiger partial charge on any atom is 0.247 e. The predicted molar refractivity (Wildman–Crippen MR) is 96.7 cm³/mol. The SMILES string of the molecule is Cc1cccc(CN(C(=O)/C=C/c2c(C)nn(C)c2Cl)C2CC2)c1. The molecule has 3 rings (SSSR count). The Morgan fingerprint density at radius 1 is 1.42 bits per heavy atom. The molecule has 0 atom stereocenters. The second-order valence-corrected chi connectivity index (χ2v) is 6.79. The van der Waals surface area contributed by atoms with Crippen molar-refractivity contribution in [1.29, 1.82) is 0 Å². The molecule has 1 aromatic heterocycles.